The molecular weight excluding hydrogens is 306 g/mol. The average molecular weight is 333 g/mol. The molecule has 24 heavy (non-hydrogen) atoms. The van der Waals surface area contributed by atoms with E-state index in [9.17, 15) is 9.59 Å². The van der Waals surface area contributed by atoms with Crippen molar-refractivity contribution in [3.8, 4) is 0 Å². The molecule has 2 aliphatic rings. The van der Waals surface area contributed by atoms with Gasteiger partial charge < -0.3 is 14.4 Å². The van der Waals surface area contributed by atoms with Gasteiger partial charge in [-0.2, -0.15) is 0 Å². The van der Waals surface area contributed by atoms with Crippen LogP contribution in [-0.2, 0) is 11.2 Å². The number of amides is 1. The van der Waals surface area contributed by atoms with E-state index >= 15 is 0 Å². The molecule has 1 N–H and O–H groups in total. The lowest BCUT2D eigenvalue weighted by atomic mass is 9.83. The molecule has 0 aromatic carbocycles. The van der Waals surface area contributed by atoms with Crippen LogP contribution < -0.4 is 0 Å². The second kappa shape index (κ2) is 6.99. The second-order valence-corrected chi connectivity index (χ2v) is 7.31. The van der Waals surface area contributed by atoms with Crippen LogP contribution in [0.4, 0.5) is 0 Å². The van der Waals surface area contributed by atoms with Gasteiger partial charge in [-0.15, -0.1) is 0 Å². The molecule has 2 saturated carbocycles. The Morgan fingerprint density at radius 3 is 2.25 bits per heavy atom. The van der Waals surface area contributed by atoms with Crippen LogP contribution in [0.15, 0.2) is 10.7 Å². The summed E-state index contributed by atoms with van der Waals surface area (Å²) in [5.41, 5.74) is 1.21. The van der Waals surface area contributed by atoms with E-state index in [4.69, 9.17) is 9.52 Å². The molecule has 5 nitrogen and oxygen atoms in total. The fourth-order valence-electron chi connectivity index (χ4n) is 4.00. The fraction of sp³-hybridized carbons (Fsp3) is 0.684. The third-order valence-electron chi connectivity index (χ3n) is 5.54. The molecule has 0 aliphatic heterocycles. The van der Waals surface area contributed by atoms with E-state index < -0.39 is 5.97 Å². The smallest absolute Gasteiger partial charge is 0.311 e. The normalized spacial score (nSPS) is 23.9. The summed E-state index contributed by atoms with van der Waals surface area (Å²) in [6.45, 7) is 4.06. The number of aliphatic carboxylic acids is 1. The van der Waals surface area contributed by atoms with Gasteiger partial charge in [-0.1, -0.05) is 13.3 Å². The average Bonchev–Trinajstić information content (AvgIpc) is 3.32. The maximum absolute atomic E-state index is 13.2. The number of carboxylic acid groups (broad SMARTS) is 1. The van der Waals surface area contributed by atoms with E-state index in [0.717, 1.165) is 37.2 Å². The molecule has 0 radical (unpaired) electrons. The number of furan rings is 1. The first kappa shape index (κ1) is 17.1. The van der Waals surface area contributed by atoms with Crippen LogP contribution in [0, 0.1) is 12.8 Å². The molecule has 0 saturated heterocycles. The number of hydrogen-bond acceptors (Lipinski definition) is 3. The number of hydrogen-bond donors (Lipinski definition) is 1. The molecule has 1 aromatic rings. The van der Waals surface area contributed by atoms with E-state index in [0.29, 0.717) is 17.6 Å². The number of nitrogens with zero attached hydrogens (tertiary/aromatic N) is 1. The van der Waals surface area contributed by atoms with Crippen LogP contribution >= 0.6 is 0 Å². The lowest BCUT2D eigenvalue weighted by molar-refractivity contribution is -0.136. The molecule has 3 rings (SSSR count). The zero-order chi connectivity index (χ0) is 17.3. The summed E-state index contributed by atoms with van der Waals surface area (Å²) in [7, 11) is 0. The summed E-state index contributed by atoms with van der Waals surface area (Å²) in [6, 6.07) is 0.618. The van der Waals surface area contributed by atoms with Gasteiger partial charge >= 0.3 is 5.97 Å². The SMILES string of the molecule is CCC1CCC(N(C(=O)c2c(C)coc2CC(=O)O)C2CC2)CC1. The van der Waals surface area contributed by atoms with Crippen molar-refractivity contribution < 1.29 is 19.1 Å². The van der Waals surface area contributed by atoms with Crippen molar-refractivity contribution in [2.45, 2.75) is 77.3 Å². The predicted molar refractivity (Wildman–Crippen MR) is 90.0 cm³/mol. The van der Waals surface area contributed by atoms with Gasteiger partial charge in [-0.3, -0.25) is 9.59 Å². The van der Waals surface area contributed by atoms with E-state index in [-0.39, 0.29) is 18.1 Å². The van der Waals surface area contributed by atoms with Crippen molar-refractivity contribution in [2.75, 3.05) is 0 Å². The zero-order valence-corrected chi connectivity index (χ0v) is 14.6. The second-order valence-electron chi connectivity index (χ2n) is 7.31. The van der Waals surface area contributed by atoms with Crippen LogP contribution in [0.25, 0.3) is 0 Å². The van der Waals surface area contributed by atoms with Crippen molar-refractivity contribution in [3.63, 3.8) is 0 Å². The van der Waals surface area contributed by atoms with Crippen molar-refractivity contribution in [3.05, 3.63) is 23.2 Å². The molecule has 2 aliphatic carbocycles. The third kappa shape index (κ3) is 3.50. The van der Waals surface area contributed by atoms with Gasteiger partial charge in [-0.05, 0) is 51.4 Å². The Morgan fingerprint density at radius 1 is 1.17 bits per heavy atom. The highest BCUT2D eigenvalue weighted by Crippen LogP contribution is 2.38. The largest absolute Gasteiger partial charge is 0.481 e. The molecule has 1 amide bonds. The summed E-state index contributed by atoms with van der Waals surface area (Å²) in [6.07, 6.45) is 9.09. The van der Waals surface area contributed by atoms with Crippen LogP contribution in [0.5, 0.6) is 0 Å². The summed E-state index contributed by atoms with van der Waals surface area (Å²) >= 11 is 0. The van der Waals surface area contributed by atoms with Crippen molar-refractivity contribution in [1.82, 2.24) is 4.90 Å². The Kier molecular flexibility index (Phi) is 4.97. The highest BCUT2D eigenvalue weighted by Gasteiger charge is 2.40. The Bertz CT molecular complexity index is 609. The molecule has 132 valence electrons. The summed E-state index contributed by atoms with van der Waals surface area (Å²) < 4.78 is 5.37. The fourth-order valence-corrected chi connectivity index (χ4v) is 4.00. The van der Waals surface area contributed by atoms with Crippen LogP contribution in [-0.4, -0.2) is 34.0 Å². The number of rotatable bonds is 6. The number of carbonyl (C=O) groups is 2. The van der Waals surface area contributed by atoms with E-state index in [2.05, 4.69) is 11.8 Å². The van der Waals surface area contributed by atoms with Gasteiger partial charge in [-0.25, -0.2) is 0 Å². The van der Waals surface area contributed by atoms with Crippen LogP contribution in [0.1, 0.15) is 73.6 Å². The van der Waals surface area contributed by atoms with Crippen molar-refractivity contribution in [1.29, 1.82) is 0 Å². The molecule has 0 unspecified atom stereocenters. The summed E-state index contributed by atoms with van der Waals surface area (Å²) in [5.74, 6) is 0.0771. The first-order valence-electron chi connectivity index (χ1n) is 9.12. The Hall–Kier alpha value is -1.78. The molecule has 0 spiro atoms. The van der Waals surface area contributed by atoms with E-state index in [1.54, 1.807) is 0 Å². The third-order valence-corrected chi connectivity index (χ3v) is 5.54. The number of carboxylic acids is 1. The summed E-state index contributed by atoms with van der Waals surface area (Å²) in [5, 5.41) is 9.06. The highest BCUT2D eigenvalue weighted by molar-refractivity contribution is 5.98. The van der Waals surface area contributed by atoms with Gasteiger partial charge in [0.1, 0.15) is 12.2 Å². The standard InChI is InChI=1S/C19H27NO4/c1-3-13-4-6-14(7-5-13)20(15-8-9-15)19(23)18-12(2)11-24-16(18)10-17(21)22/h11,13-15H,3-10H2,1-2H3,(H,21,22). The summed E-state index contributed by atoms with van der Waals surface area (Å²) in [4.78, 5) is 26.3. The predicted octanol–water partition coefficient (Wildman–Crippen LogP) is 3.79. The lowest BCUT2D eigenvalue weighted by Crippen LogP contribution is -2.44. The van der Waals surface area contributed by atoms with Crippen molar-refractivity contribution in [2.24, 2.45) is 5.92 Å². The molecule has 1 heterocycles. The minimum atomic E-state index is -0.972. The molecule has 5 heteroatoms. The van der Waals surface area contributed by atoms with Crippen LogP contribution in [0.2, 0.25) is 0 Å². The maximum atomic E-state index is 13.2. The molecule has 0 atom stereocenters. The first-order chi connectivity index (χ1) is 11.5. The maximum Gasteiger partial charge on any atom is 0.311 e. The topological polar surface area (TPSA) is 70.8 Å². The van der Waals surface area contributed by atoms with E-state index in [1.165, 1.54) is 25.5 Å². The minimum Gasteiger partial charge on any atom is -0.481 e. The Balaban J connectivity index is 1.81. The molecule has 2 fully saturated rings. The lowest BCUT2D eigenvalue weighted by Gasteiger charge is -2.37. The van der Waals surface area contributed by atoms with Crippen LogP contribution in [0.3, 0.4) is 0 Å². The minimum absolute atomic E-state index is 0.0278. The highest BCUT2D eigenvalue weighted by atomic mass is 16.4. The molecule has 1 aromatic heterocycles. The van der Waals surface area contributed by atoms with Crippen molar-refractivity contribution >= 4 is 11.9 Å². The zero-order valence-electron chi connectivity index (χ0n) is 14.6. The van der Waals surface area contributed by atoms with Gasteiger partial charge in [0, 0.05) is 17.6 Å². The van der Waals surface area contributed by atoms with Gasteiger partial charge in [0.15, 0.2) is 0 Å². The van der Waals surface area contributed by atoms with Gasteiger partial charge in [0.25, 0.3) is 5.91 Å². The molecular formula is C19H27NO4. The van der Waals surface area contributed by atoms with Gasteiger partial charge in [0.2, 0.25) is 0 Å². The monoisotopic (exact) mass is 333 g/mol. The van der Waals surface area contributed by atoms with E-state index in [1.807, 2.05) is 6.92 Å². The number of aryl methyl sites for hydroxylation is 1. The Labute approximate surface area is 143 Å². The first-order valence-corrected chi connectivity index (χ1v) is 9.12. The molecule has 0 bridgehead atoms. The quantitative estimate of drug-likeness (QED) is 0.860. The number of carbonyl (C=O) groups excluding carboxylic acids is 1. The Morgan fingerprint density at radius 2 is 1.75 bits per heavy atom. The van der Waals surface area contributed by atoms with Gasteiger partial charge in [0.05, 0.1) is 11.8 Å².